The van der Waals surface area contributed by atoms with Gasteiger partial charge in [0.1, 0.15) is 18.0 Å². The fourth-order valence-electron chi connectivity index (χ4n) is 2.85. The zero-order valence-corrected chi connectivity index (χ0v) is 16.0. The summed E-state index contributed by atoms with van der Waals surface area (Å²) in [5.41, 5.74) is 3.09. The molecule has 1 aromatic carbocycles. The molecular weight excluding hydrogens is 380 g/mol. The number of aliphatic hydroxyl groups excluding tert-OH is 1. The molecule has 3 N–H and O–H groups in total. The smallest absolute Gasteiger partial charge is 0.223 e. The Labute approximate surface area is 167 Å². The second-order valence-electron chi connectivity index (χ2n) is 5.97. The Bertz CT molecular complexity index is 1000. The molecule has 0 saturated carbocycles. The maximum atomic E-state index is 10.3. The van der Waals surface area contributed by atoms with Crippen LogP contribution in [0.15, 0.2) is 30.6 Å². The van der Waals surface area contributed by atoms with E-state index in [1.165, 1.54) is 4.68 Å². The normalized spacial score (nSPS) is 10.6. The van der Waals surface area contributed by atoms with Gasteiger partial charge in [0, 0.05) is 40.7 Å². The lowest BCUT2D eigenvalue weighted by atomic mass is 10.0. The number of phenolic OH excluding ortho intramolecular Hbond substituents is 1. The Morgan fingerprint density at radius 3 is 2.86 bits per heavy atom. The van der Waals surface area contributed by atoms with Gasteiger partial charge in [-0.2, -0.15) is 10.4 Å². The summed E-state index contributed by atoms with van der Waals surface area (Å²) in [6, 6.07) is 7.14. The van der Waals surface area contributed by atoms with Gasteiger partial charge in [-0.15, -0.1) is 0 Å². The van der Waals surface area contributed by atoms with Crippen molar-refractivity contribution in [2.45, 2.75) is 19.9 Å². The molecule has 0 spiro atoms. The number of nitrogens with one attached hydrogen (secondary N) is 1. The monoisotopic (exact) mass is 398 g/mol. The van der Waals surface area contributed by atoms with Crippen molar-refractivity contribution in [2.75, 3.05) is 18.5 Å². The van der Waals surface area contributed by atoms with Crippen LogP contribution in [-0.4, -0.2) is 43.1 Å². The van der Waals surface area contributed by atoms with Gasteiger partial charge >= 0.3 is 0 Å². The fraction of sp³-hybridized carbons (Fsp3) is 0.263. The van der Waals surface area contributed by atoms with Crippen molar-refractivity contribution < 1.29 is 10.2 Å². The van der Waals surface area contributed by atoms with E-state index < -0.39 is 0 Å². The minimum Gasteiger partial charge on any atom is -0.508 e. The second-order valence-corrected chi connectivity index (χ2v) is 6.38. The Balaban J connectivity index is 2.12. The third-order valence-electron chi connectivity index (χ3n) is 4.12. The number of nitriles is 1. The van der Waals surface area contributed by atoms with Gasteiger partial charge in [0.25, 0.3) is 0 Å². The molecule has 0 aliphatic rings. The van der Waals surface area contributed by atoms with Crippen LogP contribution in [0.1, 0.15) is 12.5 Å². The topological polar surface area (TPSA) is 120 Å². The third-order valence-corrected chi connectivity index (χ3v) is 4.46. The van der Waals surface area contributed by atoms with Crippen LogP contribution in [0.5, 0.6) is 5.75 Å². The van der Waals surface area contributed by atoms with Gasteiger partial charge in [-0.3, -0.25) is 4.68 Å². The van der Waals surface area contributed by atoms with Crippen molar-refractivity contribution in [3.05, 3.63) is 41.2 Å². The number of anilines is 1. The van der Waals surface area contributed by atoms with Gasteiger partial charge in [-0.1, -0.05) is 18.5 Å². The highest BCUT2D eigenvalue weighted by Gasteiger charge is 2.18. The molecule has 0 aliphatic carbocycles. The first-order valence-electron chi connectivity index (χ1n) is 8.71. The number of rotatable bonds is 7. The Morgan fingerprint density at radius 2 is 2.18 bits per heavy atom. The van der Waals surface area contributed by atoms with Crippen LogP contribution in [0.25, 0.3) is 22.5 Å². The number of benzene rings is 1. The molecule has 0 radical (unpaired) electrons. The van der Waals surface area contributed by atoms with E-state index in [0.717, 1.165) is 0 Å². The molecule has 0 unspecified atom stereocenters. The van der Waals surface area contributed by atoms with E-state index in [-0.39, 0.29) is 18.9 Å². The van der Waals surface area contributed by atoms with Gasteiger partial charge in [0.05, 0.1) is 18.4 Å². The molecule has 144 valence electrons. The molecular formula is C19H19ClN6O2. The summed E-state index contributed by atoms with van der Waals surface area (Å²) in [5.74, 6) is 0.464. The second kappa shape index (κ2) is 8.69. The molecule has 3 aromatic rings. The summed E-state index contributed by atoms with van der Waals surface area (Å²) in [7, 11) is 0. The average Bonchev–Trinajstić information content (AvgIpc) is 3.11. The number of hydrogen-bond donors (Lipinski definition) is 3. The van der Waals surface area contributed by atoms with Crippen molar-refractivity contribution in [1.29, 1.82) is 5.26 Å². The molecule has 0 aliphatic heterocycles. The summed E-state index contributed by atoms with van der Waals surface area (Å²) in [6.07, 6.45) is 3.92. The van der Waals surface area contributed by atoms with E-state index in [2.05, 4.69) is 26.5 Å². The van der Waals surface area contributed by atoms with Crippen LogP contribution >= 0.6 is 11.6 Å². The Hall–Kier alpha value is -3.15. The van der Waals surface area contributed by atoms with Crippen LogP contribution in [0, 0.1) is 11.3 Å². The minimum absolute atomic E-state index is 0.0412. The molecule has 8 nitrogen and oxygen atoms in total. The average molecular weight is 399 g/mol. The highest BCUT2D eigenvalue weighted by molar-refractivity contribution is 6.31. The van der Waals surface area contributed by atoms with E-state index in [4.69, 9.17) is 22.0 Å². The number of hydrogen-bond acceptors (Lipinski definition) is 7. The number of phenols is 1. The van der Waals surface area contributed by atoms with Crippen molar-refractivity contribution in [3.8, 4) is 34.3 Å². The molecule has 0 bridgehead atoms. The molecule has 3 rings (SSSR count). The highest BCUT2D eigenvalue weighted by atomic mass is 35.5. The lowest BCUT2D eigenvalue weighted by molar-refractivity contribution is 0.311. The number of aromatic hydroxyl groups is 1. The predicted octanol–water partition coefficient (Wildman–Crippen LogP) is 2.86. The molecule has 0 saturated heterocycles. The van der Waals surface area contributed by atoms with Gasteiger partial charge in [-0.25, -0.2) is 9.97 Å². The van der Waals surface area contributed by atoms with Gasteiger partial charge < -0.3 is 15.5 Å². The Kier molecular flexibility index (Phi) is 6.09. The van der Waals surface area contributed by atoms with Crippen LogP contribution < -0.4 is 5.32 Å². The van der Waals surface area contributed by atoms with Crippen molar-refractivity contribution in [3.63, 3.8) is 0 Å². The summed E-state index contributed by atoms with van der Waals surface area (Å²) in [6.45, 7) is 2.27. The zero-order chi connectivity index (χ0) is 20.1. The van der Waals surface area contributed by atoms with Gasteiger partial charge in [0.15, 0.2) is 0 Å². The molecule has 0 atom stereocenters. The van der Waals surface area contributed by atoms with Crippen molar-refractivity contribution in [1.82, 2.24) is 19.7 Å². The first-order valence-corrected chi connectivity index (χ1v) is 9.09. The standard InChI is InChI=1S/C19H19ClN6O2/c1-2-13-15(20)9-12(10-17(13)28)18-14(11-26(25-18)7-4-21)16-3-5-22-19(24-16)23-6-8-27/h3,5,9-11,27-28H,2,6-8H2,1H3,(H,22,23,24). The summed E-state index contributed by atoms with van der Waals surface area (Å²) in [5, 5.41) is 36.2. The van der Waals surface area contributed by atoms with E-state index in [0.29, 0.717) is 52.0 Å². The summed E-state index contributed by atoms with van der Waals surface area (Å²) in [4.78, 5) is 8.58. The molecule has 2 heterocycles. The maximum Gasteiger partial charge on any atom is 0.223 e. The van der Waals surface area contributed by atoms with Gasteiger partial charge in [0.2, 0.25) is 5.95 Å². The molecule has 9 heteroatoms. The summed E-state index contributed by atoms with van der Waals surface area (Å²) >= 11 is 6.33. The first kappa shape index (κ1) is 19.6. The van der Waals surface area contributed by atoms with E-state index in [1.54, 1.807) is 30.6 Å². The van der Waals surface area contributed by atoms with Crippen LogP contribution in [0.4, 0.5) is 5.95 Å². The zero-order valence-electron chi connectivity index (χ0n) is 15.2. The minimum atomic E-state index is -0.0412. The lowest BCUT2D eigenvalue weighted by Gasteiger charge is -2.09. The molecule has 28 heavy (non-hydrogen) atoms. The highest BCUT2D eigenvalue weighted by Crippen LogP contribution is 2.36. The predicted molar refractivity (Wildman–Crippen MR) is 106 cm³/mol. The molecule has 2 aromatic heterocycles. The number of aliphatic hydroxyl groups is 1. The van der Waals surface area contributed by atoms with Crippen molar-refractivity contribution in [2.24, 2.45) is 0 Å². The van der Waals surface area contributed by atoms with E-state index in [9.17, 15) is 5.11 Å². The number of halogens is 1. The van der Waals surface area contributed by atoms with Gasteiger partial charge in [-0.05, 0) is 24.6 Å². The quantitative estimate of drug-likeness (QED) is 0.559. The third kappa shape index (κ3) is 4.06. The SMILES string of the molecule is CCc1c(O)cc(-c2nn(CC#N)cc2-c2ccnc(NCCO)n2)cc1Cl. The first-order chi connectivity index (χ1) is 13.6. The molecule has 0 amide bonds. The number of nitrogens with zero attached hydrogens (tertiary/aromatic N) is 5. The van der Waals surface area contributed by atoms with E-state index >= 15 is 0 Å². The van der Waals surface area contributed by atoms with Crippen LogP contribution in [0.2, 0.25) is 5.02 Å². The van der Waals surface area contributed by atoms with Crippen LogP contribution in [-0.2, 0) is 13.0 Å². The van der Waals surface area contributed by atoms with Crippen LogP contribution in [0.3, 0.4) is 0 Å². The fourth-order valence-corrected chi connectivity index (χ4v) is 3.19. The number of aromatic nitrogens is 4. The summed E-state index contributed by atoms with van der Waals surface area (Å²) < 4.78 is 1.51. The lowest BCUT2D eigenvalue weighted by Crippen LogP contribution is -2.08. The Morgan fingerprint density at radius 1 is 1.36 bits per heavy atom. The molecule has 0 fully saturated rings. The largest absolute Gasteiger partial charge is 0.508 e. The van der Waals surface area contributed by atoms with E-state index in [1.807, 2.05) is 6.92 Å². The van der Waals surface area contributed by atoms with Crippen molar-refractivity contribution >= 4 is 17.5 Å². The maximum absolute atomic E-state index is 10.3.